The average Bonchev–Trinajstić information content (AvgIpc) is 3.02. The van der Waals surface area contributed by atoms with Crippen molar-refractivity contribution in [2.24, 2.45) is 5.92 Å². The quantitative estimate of drug-likeness (QED) is 0.823. The molecule has 1 unspecified atom stereocenters. The minimum Gasteiger partial charge on any atom is -0.467 e. The molecule has 19 heavy (non-hydrogen) atoms. The van der Waals surface area contributed by atoms with Crippen LogP contribution in [0.15, 0.2) is 22.8 Å². The van der Waals surface area contributed by atoms with Crippen molar-refractivity contribution in [3.8, 4) is 0 Å². The van der Waals surface area contributed by atoms with Crippen LogP contribution in [0.5, 0.6) is 0 Å². The zero-order valence-electron chi connectivity index (χ0n) is 12.1. The van der Waals surface area contributed by atoms with Crippen molar-refractivity contribution in [1.82, 2.24) is 10.2 Å². The number of carbonyl (C=O) groups excluding carboxylic acids is 1. The number of rotatable bonds is 7. The predicted octanol–water partition coefficient (Wildman–Crippen LogP) is 2.58. The standard InChI is InChI=1S/C15H24N2O2/c1-11(2)9-17(13-6-7-13)10-15(18)16-12(3)14-5-4-8-19-14/h4-5,8,11-13H,6-7,9-10H2,1-3H3,(H,16,18). The summed E-state index contributed by atoms with van der Waals surface area (Å²) in [6.45, 7) is 7.82. The molecular formula is C15H24N2O2. The maximum Gasteiger partial charge on any atom is 0.234 e. The van der Waals surface area contributed by atoms with Gasteiger partial charge in [0.1, 0.15) is 5.76 Å². The number of nitrogens with one attached hydrogen (secondary N) is 1. The molecule has 106 valence electrons. The normalized spacial score (nSPS) is 16.9. The van der Waals surface area contributed by atoms with Gasteiger partial charge in [-0.05, 0) is 37.8 Å². The molecule has 1 amide bonds. The predicted molar refractivity (Wildman–Crippen MR) is 74.7 cm³/mol. The first-order chi connectivity index (χ1) is 9.06. The number of hydrogen-bond donors (Lipinski definition) is 1. The highest BCUT2D eigenvalue weighted by Crippen LogP contribution is 2.27. The second-order valence-corrected chi connectivity index (χ2v) is 5.86. The number of carbonyl (C=O) groups is 1. The van der Waals surface area contributed by atoms with Crippen molar-refractivity contribution < 1.29 is 9.21 Å². The molecule has 1 N–H and O–H groups in total. The van der Waals surface area contributed by atoms with Crippen LogP contribution in [-0.4, -0.2) is 29.9 Å². The summed E-state index contributed by atoms with van der Waals surface area (Å²) in [5.74, 6) is 1.47. The van der Waals surface area contributed by atoms with E-state index in [9.17, 15) is 4.79 Å². The van der Waals surface area contributed by atoms with E-state index < -0.39 is 0 Å². The van der Waals surface area contributed by atoms with Gasteiger partial charge in [-0.3, -0.25) is 9.69 Å². The van der Waals surface area contributed by atoms with Gasteiger partial charge in [0.2, 0.25) is 5.91 Å². The van der Waals surface area contributed by atoms with Crippen molar-refractivity contribution in [2.75, 3.05) is 13.1 Å². The topological polar surface area (TPSA) is 45.5 Å². The second-order valence-electron chi connectivity index (χ2n) is 5.86. The Morgan fingerprint density at radius 3 is 2.74 bits per heavy atom. The van der Waals surface area contributed by atoms with Gasteiger partial charge in [0.15, 0.2) is 0 Å². The third-order valence-corrected chi connectivity index (χ3v) is 3.36. The fourth-order valence-electron chi connectivity index (χ4n) is 2.33. The maximum atomic E-state index is 12.1. The molecule has 2 rings (SSSR count). The maximum absolute atomic E-state index is 12.1. The fraction of sp³-hybridized carbons (Fsp3) is 0.667. The Morgan fingerprint density at radius 2 is 2.21 bits per heavy atom. The number of hydrogen-bond acceptors (Lipinski definition) is 3. The number of amides is 1. The SMILES string of the molecule is CC(C)CN(CC(=O)NC(C)c1ccco1)C1CC1. The molecule has 4 heteroatoms. The largest absolute Gasteiger partial charge is 0.467 e. The molecule has 1 aliphatic rings. The molecule has 0 bridgehead atoms. The zero-order valence-corrected chi connectivity index (χ0v) is 12.1. The number of nitrogens with zero attached hydrogens (tertiary/aromatic N) is 1. The van der Waals surface area contributed by atoms with Crippen molar-refractivity contribution in [2.45, 2.75) is 45.7 Å². The molecule has 4 nitrogen and oxygen atoms in total. The molecule has 1 aliphatic carbocycles. The van der Waals surface area contributed by atoms with Crippen LogP contribution in [0.1, 0.15) is 45.4 Å². The first-order valence-electron chi connectivity index (χ1n) is 7.13. The Morgan fingerprint density at radius 1 is 1.47 bits per heavy atom. The third-order valence-electron chi connectivity index (χ3n) is 3.36. The Bertz CT molecular complexity index is 396. The van der Waals surface area contributed by atoms with E-state index in [2.05, 4.69) is 24.1 Å². The fourth-order valence-corrected chi connectivity index (χ4v) is 2.33. The molecule has 1 aromatic heterocycles. The Kier molecular flexibility index (Phi) is 4.64. The van der Waals surface area contributed by atoms with Crippen LogP contribution in [0.25, 0.3) is 0 Å². The number of furan rings is 1. The molecule has 1 heterocycles. The third kappa shape index (κ3) is 4.39. The van der Waals surface area contributed by atoms with Crippen LogP contribution in [0.3, 0.4) is 0 Å². The van der Waals surface area contributed by atoms with Gasteiger partial charge in [-0.2, -0.15) is 0 Å². The lowest BCUT2D eigenvalue weighted by Crippen LogP contribution is -2.40. The van der Waals surface area contributed by atoms with E-state index in [1.165, 1.54) is 12.8 Å². The summed E-state index contributed by atoms with van der Waals surface area (Å²) >= 11 is 0. The van der Waals surface area contributed by atoms with E-state index in [0.717, 1.165) is 12.3 Å². The summed E-state index contributed by atoms with van der Waals surface area (Å²) in [6.07, 6.45) is 4.09. The minimum absolute atomic E-state index is 0.0670. The molecule has 0 aromatic carbocycles. The van der Waals surface area contributed by atoms with E-state index in [4.69, 9.17) is 4.42 Å². The van der Waals surface area contributed by atoms with Gasteiger partial charge in [-0.15, -0.1) is 0 Å². The minimum atomic E-state index is -0.0670. The van der Waals surface area contributed by atoms with E-state index in [1.54, 1.807) is 6.26 Å². The molecular weight excluding hydrogens is 240 g/mol. The van der Waals surface area contributed by atoms with Crippen LogP contribution >= 0.6 is 0 Å². The highest BCUT2D eigenvalue weighted by molar-refractivity contribution is 5.78. The summed E-state index contributed by atoms with van der Waals surface area (Å²) in [6, 6.07) is 4.28. The zero-order chi connectivity index (χ0) is 13.8. The molecule has 1 aromatic rings. The van der Waals surface area contributed by atoms with E-state index in [0.29, 0.717) is 18.5 Å². The van der Waals surface area contributed by atoms with Gasteiger partial charge in [-0.25, -0.2) is 0 Å². The van der Waals surface area contributed by atoms with Crippen LogP contribution in [0, 0.1) is 5.92 Å². The van der Waals surface area contributed by atoms with E-state index in [-0.39, 0.29) is 11.9 Å². The van der Waals surface area contributed by atoms with Gasteiger partial charge in [-0.1, -0.05) is 13.8 Å². The molecule has 0 aliphatic heterocycles. The van der Waals surface area contributed by atoms with Crippen molar-refractivity contribution in [1.29, 1.82) is 0 Å². The summed E-state index contributed by atoms with van der Waals surface area (Å²) in [4.78, 5) is 14.4. The lowest BCUT2D eigenvalue weighted by atomic mass is 10.2. The van der Waals surface area contributed by atoms with Crippen LogP contribution in [-0.2, 0) is 4.79 Å². The molecule has 0 radical (unpaired) electrons. The molecule has 1 atom stereocenters. The first-order valence-corrected chi connectivity index (χ1v) is 7.13. The van der Waals surface area contributed by atoms with Gasteiger partial charge in [0.05, 0.1) is 18.8 Å². The van der Waals surface area contributed by atoms with E-state index in [1.807, 2.05) is 19.1 Å². The Hall–Kier alpha value is -1.29. The van der Waals surface area contributed by atoms with E-state index >= 15 is 0 Å². The lowest BCUT2D eigenvalue weighted by molar-refractivity contribution is -0.123. The summed E-state index contributed by atoms with van der Waals surface area (Å²) in [5, 5.41) is 2.99. The van der Waals surface area contributed by atoms with Crippen molar-refractivity contribution >= 4 is 5.91 Å². The highest BCUT2D eigenvalue weighted by atomic mass is 16.3. The van der Waals surface area contributed by atoms with Gasteiger partial charge >= 0.3 is 0 Å². The molecule has 0 saturated heterocycles. The summed E-state index contributed by atoms with van der Waals surface area (Å²) in [5.41, 5.74) is 0. The smallest absolute Gasteiger partial charge is 0.234 e. The van der Waals surface area contributed by atoms with Gasteiger partial charge in [0.25, 0.3) is 0 Å². The highest BCUT2D eigenvalue weighted by Gasteiger charge is 2.30. The Balaban J connectivity index is 1.82. The van der Waals surface area contributed by atoms with Crippen LogP contribution in [0.2, 0.25) is 0 Å². The van der Waals surface area contributed by atoms with Crippen molar-refractivity contribution in [3.05, 3.63) is 24.2 Å². The summed E-state index contributed by atoms with van der Waals surface area (Å²) < 4.78 is 5.30. The summed E-state index contributed by atoms with van der Waals surface area (Å²) in [7, 11) is 0. The van der Waals surface area contributed by atoms with Crippen LogP contribution in [0.4, 0.5) is 0 Å². The monoisotopic (exact) mass is 264 g/mol. The molecule has 0 spiro atoms. The van der Waals surface area contributed by atoms with Crippen LogP contribution < -0.4 is 5.32 Å². The van der Waals surface area contributed by atoms with Gasteiger partial charge < -0.3 is 9.73 Å². The molecule has 1 fully saturated rings. The molecule has 1 saturated carbocycles. The lowest BCUT2D eigenvalue weighted by Gasteiger charge is -2.24. The van der Waals surface area contributed by atoms with Gasteiger partial charge in [0, 0.05) is 12.6 Å². The first kappa shape index (κ1) is 14.1. The average molecular weight is 264 g/mol. The Labute approximate surface area is 115 Å². The van der Waals surface area contributed by atoms with Crippen molar-refractivity contribution in [3.63, 3.8) is 0 Å². The second kappa shape index (κ2) is 6.24.